The fraction of sp³-hybridized carbons (Fsp3) is 0.294. The van der Waals surface area contributed by atoms with Crippen LogP contribution in [0.4, 0.5) is 18.9 Å². The van der Waals surface area contributed by atoms with Gasteiger partial charge in [0.1, 0.15) is 0 Å². The largest absolute Gasteiger partial charge is 0.490 e. The molecule has 1 aliphatic heterocycles. The first-order valence-electron chi connectivity index (χ1n) is 7.59. The summed E-state index contributed by atoms with van der Waals surface area (Å²) in [5, 5.41) is 17.4. The van der Waals surface area contributed by atoms with Crippen molar-refractivity contribution in [3.8, 4) is 0 Å². The SMILES string of the molecule is CSc1cccc2c3c(ccc12)N(C(=N)N)CC3C.O=C(O)C(F)(F)F. The lowest BCUT2D eigenvalue weighted by atomic mass is 9.96. The van der Waals surface area contributed by atoms with E-state index >= 15 is 0 Å². The number of alkyl halides is 3. The van der Waals surface area contributed by atoms with E-state index in [-0.39, 0.29) is 5.96 Å². The number of anilines is 1. The second-order valence-corrected chi connectivity index (χ2v) is 6.60. The molecule has 1 aliphatic rings. The van der Waals surface area contributed by atoms with Crippen LogP contribution in [0.1, 0.15) is 18.4 Å². The molecule has 0 fully saturated rings. The van der Waals surface area contributed by atoms with Crippen molar-refractivity contribution in [3.63, 3.8) is 0 Å². The van der Waals surface area contributed by atoms with Gasteiger partial charge in [-0.25, -0.2) is 4.79 Å². The molecule has 9 heteroatoms. The van der Waals surface area contributed by atoms with Crippen molar-refractivity contribution in [1.82, 2.24) is 0 Å². The molecule has 0 amide bonds. The van der Waals surface area contributed by atoms with Gasteiger partial charge >= 0.3 is 12.1 Å². The maximum Gasteiger partial charge on any atom is 0.490 e. The topological polar surface area (TPSA) is 90.4 Å². The van der Waals surface area contributed by atoms with Gasteiger partial charge in [0.2, 0.25) is 0 Å². The smallest absolute Gasteiger partial charge is 0.475 e. The summed E-state index contributed by atoms with van der Waals surface area (Å²) in [7, 11) is 0. The third-order valence-corrected chi connectivity index (χ3v) is 4.83. The molecule has 5 nitrogen and oxygen atoms in total. The van der Waals surface area contributed by atoms with E-state index in [1.54, 1.807) is 11.8 Å². The molecule has 0 spiro atoms. The Morgan fingerprint density at radius 2 is 1.92 bits per heavy atom. The van der Waals surface area contributed by atoms with Crippen LogP contribution in [-0.4, -0.2) is 36.0 Å². The number of carbonyl (C=O) groups is 1. The molecule has 0 radical (unpaired) electrons. The summed E-state index contributed by atoms with van der Waals surface area (Å²) < 4.78 is 31.7. The maximum atomic E-state index is 10.6. The van der Waals surface area contributed by atoms with Crippen LogP contribution in [0.3, 0.4) is 0 Å². The van der Waals surface area contributed by atoms with Gasteiger partial charge in [0.15, 0.2) is 5.96 Å². The van der Waals surface area contributed by atoms with E-state index < -0.39 is 12.1 Å². The summed E-state index contributed by atoms with van der Waals surface area (Å²) in [6.07, 6.45) is -2.98. The zero-order valence-electron chi connectivity index (χ0n) is 14.1. The predicted octanol–water partition coefficient (Wildman–Crippen LogP) is 4.01. The maximum absolute atomic E-state index is 10.6. The van der Waals surface area contributed by atoms with E-state index in [9.17, 15) is 13.2 Å². The average Bonchev–Trinajstić information content (AvgIpc) is 2.91. The summed E-state index contributed by atoms with van der Waals surface area (Å²) in [4.78, 5) is 12.1. The first-order chi connectivity index (χ1) is 12.1. The van der Waals surface area contributed by atoms with Crippen LogP contribution in [0.5, 0.6) is 0 Å². The molecule has 2 aromatic carbocycles. The summed E-state index contributed by atoms with van der Waals surface area (Å²) in [5.41, 5.74) is 8.09. The van der Waals surface area contributed by atoms with Crippen LogP contribution in [0, 0.1) is 5.41 Å². The zero-order valence-corrected chi connectivity index (χ0v) is 14.9. The zero-order chi connectivity index (χ0) is 19.6. The van der Waals surface area contributed by atoms with E-state index in [2.05, 4.69) is 43.5 Å². The number of aliphatic carboxylic acids is 1. The summed E-state index contributed by atoms with van der Waals surface area (Å²) in [6.45, 7) is 3.00. The summed E-state index contributed by atoms with van der Waals surface area (Å²) >= 11 is 1.77. The van der Waals surface area contributed by atoms with E-state index in [4.69, 9.17) is 21.0 Å². The molecule has 0 saturated carbocycles. The van der Waals surface area contributed by atoms with E-state index in [1.807, 2.05) is 4.90 Å². The quantitative estimate of drug-likeness (QED) is 0.392. The third kappa shape index (κ3) is 3.87. The Bertz CT molecular complexity index is 855. The molecule has 1 atom stereocenters. The number of benzene rings is 2. The Labute approximate surface area is 152 Å². The molecule has 4 N–H and O–H groups in total. The molecular weight excluding hydrogens is 367 g/mol. The molecule has 1 heterocycles. The van der Waals surface area contributed by atoms with Crippen LogP contribution < -0.4 is 10.6 Å². The number of carboxylic acids is 1. The monoisotopic (exact) mass is 385 g/mol. The highest BCUT2D eigenvalue weighted by Gasteiger charge is 2.38. The van der Waals surface area contributed by atoms with Gasteiger partial charge in [-0.1, -0.05) is 25.1 Å². The number of hydrogen-bond acceptors (Lipinski definition) is 3. The molecule has 0 aromatic heterocycles. The van der Waals surface area contributed by atoms with Crippen molar-refractivity contribution in [2.24, 2.45) is 5.73 Å². The van der Waals surface area contributed by atoms with Gasteiger partial charge in [-0.15, -0.1) is 11.8 Å². The number of thioether (sulfide) groups is 1. The van der Waals surface area contributed by atoms with E-state index in [0.29, 0.717) is 5.92 Å². The average molecular weight is 385 g/mol. The Morgan fingerprint density at radius 3 is 2.42 bits per heavy atom. The van der Waals surface area contributed by atoms with Crippen LogP contribution in [0.25, 0.3) is 10.8 Å². The van der Waals surface area contributed by atoms with Gasteiger partial charge in [0.05, 0.1) is 0 Å². The van der Waals surface area contributed by atoms with E-state index in [0.717, 1.165) is 12.2 Å². The molecule has 2 aromatic rings. The van der Waals surface area contributed by atoms with Crippen LogP contribution in [0.15, 0.2) is 35.2 Å². The Hall–Kier alpha value is -2.42. The number of guanidine groups is 1. The highest BCUT2D eigenvalue weighted by molar-refractivity contribution is 7.98. The normalized spacial score (nSPS) is 16.0. The molecule has 3 rings (SSSR count). The minimum atomic E-state index is -5.08. The highest BCUT2D eigenvalue weighted by Crippen LogP contribution is 2.42. The number of nitrogens with zero attached hydrogens (tertiary/aromatic N) is 1. The van der Waals surface area contributed by atoms with Crippen molar-refractivity contribution < 1.29 is 23.1 Å². The molecular formula is C17H18F3N3O2S. The minimum absolute atomic E-state index is 0.131. The molecule has 140 valence electrons. The van der Waals surface area contributed by atoms with Crippen LogP contribution in [-0.2, 0) is 4.79 Å². The second-order valence-electron chi connectivity index (χ2n) is 5.75. The predicted molar refractivity (Wildman–Crippen MR) is 97.1 cm³/mol. The first-order valence-corrected chi connectivity index (χ1v) is 8.81. The number of carboxylic acid groups (broad SMARTS) is 1. The van der Waals surface area contributed by atoms with Crippen molar-refractivity contribution >= 4 is 40.2 Å². The number of nitrogens with two attached hydrogens (primary N) is 1. The first kappa shape index (κ1) is 19.9. The summed E-state index contributed by atoms with van der Waals surface area (Å²) in [5.74, 6) is -2.22. The standard InChI is InChI=1S/C15H17N3S.C2HF3O2/c1-9-8-18(15(16)17)12-7-6-10-11(14(9)12)4-3-5-13(10)19-2;3-2(4,5)1(6)7/h3-7,9H,8H2,1-2H3,(H3,16,17);(H,6,7). The van der Waals surface area contributed by atoms with Gasteiger partial charge in [-0.3, -0.25) is 5.41 Å². The number of fused-ring (bicyclic) bond motifs is 3. The van der Waals surface area contributed by atoms with Crippen LogP contribution >= 0.6 is 11.8 Å². The lowest BCUT2D eigenvalue weighted by Gasteiger charge is -2.17. The number of nitrogens with one attached hydrogen (secondary N) is 1. The molecule has 0 aliphatic carbocycles. The second kappa shape index (κ2) is 7.45. The molecule has 0 saturated heterocycles. The molecule has 26 heavy (non-hydrogen) atoms. The van der Waals surface area contributed by atoms with Gasteiger partial charge in [0.25, 0.3) is 0 Å². The van der Waals surface area contributed by atoms with Crippen molar-refractivity contribution in [1.29, 1.82) is 5.41 Å². The van der Waals surface area contributed by atoms with Gasteiger partial charge in [0, 0.05) is 23.0 Å². The Balaban J connectivity index is 0.000000298. The lowest BCUT2D eigenvalue weighted by Crippen LogP contribution is -2.35. The van der Waals surface area contributed by atoms with Gasteiger partial charge < -0.3 is 15.7 Å². The van der Waals surface area contributed by atoms with Crippen molar-refractivity contribution in [3.05, 3.63) is 35.9 Å². The summed E-state index contributed by atoms with van der Waals surface area (Å²) in [6, 6.07) is 10.7. The third-order valence-electron chi connectivity index (χ3n) is 4.03. The minimum Gasteiger partial charge on any atom is -0.475 e. The Morgan fingerprint density at radius 1 is 1.31 bits per heavy atom. The molecule has 0 bridgehead atoms. The van der Waals surface area contributed by atoms with Gasteiger partial charge in [-0.2, -0.15) is 13.2 Å². The Kier molecular flexibility index (Phi) is 5.70. The van der Waals surface area contributed by atoms with Crippen molar-refractivity contribution in [2.45, 2.75) is 23.9 Å². The lowest BCUT2D eigenvalue weighted by molar-refractivity contribution is -0.192. The number of halogens is 3. The fourth-order valence-electron chi connectivity index (χ4n) is 2.96. The van der Waals surface area contributed by atoms with Crippen molar-refractivity contribution in [2.75, 3.05) is 17.7 Å². The number of hydrogen-bond donors (Lipinski definition) is 3. The van der Waals surface area contributed by atoms with Crippen LogP contribution in [0.2, 0.25) is 0 Å². The number of rotatable bonds is 1. The fourth-order valence-corrected chi connectivity index (χ4v) is 3.58. The molecule has 1 unspecified atom stereocenters. The van der Waals surface area contributed by atoms with E-state index in [1.165, 1.54) is 21.2 Å². The highest BCUT2D eigenvalue weighted by atomic mass is 32.2. The van der Waals surface area contributed by atoms with Gasteiger partial charge in [-0.05, 0) is 34.7 Å².